The number of ether oxygens (including phenoxy) is 2. The van der Waals surface area contributed by atoms with Gasteiger partial charge in [-0.25, -0.2) is 0 Å². The van der Waals surface area contributed by atoms with E-state index < -0.39 is 5.79 Å². The van der Waals surface area contributed by atoms with Crippen LogP contribution in [0.15, 0.2) is 16.9 Å². The maximum absolute atomic E-state index is 12.2. The zero-order valence-electron chi connectivity index (χ0n) is 11.0. The summed E-state index contributed by atoms with van der Waals surface area (Å²) in [7, 11) is 0. The van der Waals surface area contributed by atoms with Crippen LogP contribution < -0.4 is 0 Å². The van der Waals surface area contributed by atoms with Crippen molar-refractivity contribution < 1.29 is 18.8 Å². The largest absolute Gasteiger partial charge is 0.364 e. The van der Waals surface area contributed by atoms with Crippen molar-refractivity contribution in [2.45, 2.75) is 25.6 Å². The predicted molar refractivity (Wildman–Crippen MR) is 65.4 cm³/mol. The molecule has 0 radical (unpaired) electrons. The van der Waals surface area contributed by atoms with Gasteiger partial charge < -0.3 is 18.9 Å². The maximum atomic E-state index is 12.2. The van der Waals surface area contributed by atoms with Crippen LogP contribution in [0.5, 0.6) is 0 Å². The van der Waals surface area contributed by atoms with Gasteiger partial charge in [0.25, 0.3) is 5.91 Å². The van der Waals surface area contributed by atoms with Gasteiger partial charge in [0.15, 0.2) is 11.5 Å². The molecule has 0 bridgehead atoms. The van der Waals surface area contributed by atoms with Crippen LogP contribution >= 0.6 is 0 Å². The van der Waals surface area contributed by atoms with Crippen LogP contribution in [-0.4, -0.2) is 48.1 Å². The molecular formula is C13H18N2O4. The molecule has 1 atom stereocenters. The summed E-state index contributed by atoms with van der Waals surface area (Å²) in [6.07, 6.45) is 3.38. The number of carbonyl (C=O) groups excluding carboxylic acids is 1. The first-order valence-corrected chi connectivity index (χ1v) is 6.66. The third kappa shape index (κ3) is 2.37. The quantitative estimate of drug-likeness (QED) is 0.807. The molecule has 2 aliphatic heterocycles. The first kappa shape index (κ1) is 12.6. The van der Waals surface area contributed by atoms with Gasteiger partial charge in [-0.05, 0) is 19.8 Å². The summed E-state index contributed by atoms with van der Waals surface area (Å²) in [4.78, 5) is 14.1. The van der Waals surface area contributed by atoms with Crippen LogP contribution in [0, 0.1) is 5.92 Å². The average molecular weight is 266 g/mol. The minimum Gasteiger partial charge on any atom is -0.364 e. The Morgan fingerprint density at radius 3 is 2.95 bits per heavy atom. The molecule has 3 heterocycles. The third-order valence-electron chi connectivity index (χ3n) is 3.97. The Labute approximate surface area is 111 Å². The monoisotopic (exact) mass is 266 g/mol. The standard InChI is InChI=1S/C13H18N2O4/c1-13(17-7-8-18-13)10-3-2-5-15(9-10)12(16)11-4-6-19-14-11/h4,6,10H,2-3,5,7-9H2,1H3. The van der Waals surface area contributed by atoms with Gasteiger partial charge in [0.1, 0.15) is 6.26 Å². The molecule has 104 valence electrons. The highest BCUT2D eigenvalue weighted by atomic mass is 16.7. The van der Waals surface area contributed by atoms with Crippen LogP contribution in [0.25, 0.3) is 0 Å². The van der Waals surface area contributed by atoms with E-state index in [4.69, 9.17) is 14.0 Å². The summed E-state index contributed by atoms with van der Waals surface area (Å²) < 4.78 is 16.1. The fourth-order valence-corrected chi connectivity index (χ4v) is 2.84. The number of rotatable bonds is 2. The number of aromatic nitrogens is 1. The summed E-state index contributed by atoms with van der Waals surface area (Å²) in [5, 5.41) is 3.70. The first-order valence-electron chi connectivity index (χ1n) is 6.66. The Hall–Kier alpha value is -1.40. The van der Waals surface area contributed by atoms with Crippen molar-refractivity contribution in [3.05, 3.63) is 18.0 Å². The smallest absolute Gasteiger partial charge is 0.276 e. The number of amides is 1. The Morgan fingerprint density at radius 1 is 1.47 bits per heavy atom. The van der Waals surface area contributed by atoms with Gasteiger partial charge in [-0.15, -0.1) is 0 Å². The second-order valence-corrected chi connectivity index (χ2v) is 5.19. The van der Waals surface area contributed by atoms with Crippen molar-refractivity contribution in [2.75, 3.05) is 26.3 Å². The van der Waals surface area contributed by atoms with Crippen LogP contribution in [0.3, 0.4) is 0 Å². The van der Waals surface area contributed by atoms with Crippen LogP contribution in [0.1, 0.15) is 30.3 Å². The van der Waals surface area contributed by atoms with E-state index in [2.05, 4.69) is 5.16 Å². The molecule has 6 nitrogen and oxygen atoms in total. The van der Waals surface area contributed by atoms with Crippen molar-refractivity contribution in [1.29, 1.82) is 0 Å². The van der Waals surface area contributed by atoms with Crippen molar-refractivity contribution in [1.82, 2.24) is 10.1 Å². The summed E-state index contributed by atoms with van der Waals surface area (Å²) in [6, 6.07) is 1.59. The Balaban J connectivity index is 1.69. The van der Waals surface area contributed by atoms with Crippen molar-refractivity contribution in [3.8, 4) is 0 Å². The first-order chi connectivity index (χ1) is 9.19. The lowest BCUT2D eigenvalue weighted by Crippen LogP contribution is -2.48. The zero-order valence-corrected chi connectivity index (χ0v) is 11.0. The van der Waals surface area contributed by atoms with E-state index in [0.29, 0.717) is 25.5 Å². The number of carbonyl (C=O) groups is 1. The summed E-state index contributed by atoms with van der Waals surface area (Å²) in [5.74, 6) is -0.428. The van der Waals surface area contributed by atoms with Crippen LogP contribution in [-0.2, 0) is 9.47 Å². The van der Waals surface area contributed by atoms with E-state index >= 15 is 0 Å². The molecule has 0 saturated carbocycles. The third-order valence-corrected chi connectivity index (χ3v) is 3.97. The predicted octanol–water partition coefficient (Wildman–Crippen LogP) is 1.29. The van der Waals surface area contributed by atoms with Gasteiger partial charge in [0.2, 0.25) is 0 Å². The number of hydrogen-bond acceptors (Lipinski definition) is 5. The topological polar surface area (TPSA) is 64.8 Å². The van der Waals surface area contributed by atoms with Crippen molar-refractivity contribution >= 4 is 5.91 Å². The van der Waals surface area contributed by atoms with E-state index in [-0.39, 0.29) is 11.8 Å². The Bertz CT molecular complexity index is 440. The highest BCUT2D eigenvalue weighted by Gasteiger charge is 2.42. The maximum Gasteiger partial charge on any atom is 0.276 e. The molecule has 6 heteroatoms. The fourth-order valence-electron chi connectivity index (χ4n) is 2.84. The lowest BCUT2D eigenvalue weighted by atomic mass is 9.90. The summed E-state index contributed by atoms with van der Waals surface area (Å²) in [6.45, 7) is 4.61. The van der Waals surface area contributed by atoms with Gasteiger partial charge in [0.05, 0.1) is 13.2 Å². The molecule has 1 amide bonds. The van der Waals surface area contributed by atoms with Crippen LogP contribution in [0.2, 0.25) is 0 Å². The second kappa shape index (κ2) is 4.94. The van der Waals surface area contributed by atoms with Gasteiger partial charge in [0, 0.05) is 25.1 Å². The zero-order chi connectivity index (χ0) is 13.3. The molecular weight excluding hydrogens is 248 g/mol. The van der Waals surface area contributed by atoms with Gasteiger partial charge in [-0.3, -0.25) is 4.79 Å². The molecule has 2 fully saturated rings. The number of likely N-dealkylation sites (tertiary alicyclic amines) is 1. The van der Waals surface area contributed by atoms with Crippen LogP contribution in [0.4, 0.5) is 0 Å². The highest BCUT2D eigenvalue weighted by molar-refractivity contribution is 5.92. The number of piperidine rings is 1. The molecule has 1 unspecified atom stereocenters. The molecule has 0 spiro atoms. The lowest BCUT2D eigenvalue weighted by molar-refractivity contribution is -0.189. The SMILES string of the molecule is CC1(C2CCCN(C(=O)c3ccon3)C2)OCCO1. The van der Waals surface area contributed by atoms with E-state index in [1.165, 1.54) is 6.26 Å². The van der Waals surface area contributed by atoms with E-state index in [1.54, 1.807) is 6.07 Å². The minimum absolute atomic E-state index is 0.0833. The summed E-state index contributed by atoms with van der Waals surface area (Å²) in [5.41, 5.74) is 0.360. The number of hydrogen-bond donors (Lipinski definition) is 0. The second-order valence-electron chi connectivity index (χ2n) is 5.19. The molecule has 1 aromatic rings. The molecule has 3 rings (SSSR count). The van der Waals surface area contributed by atoms with Crippen molar-refractivity contribution in [3.63, 3.8) is 0 Å². The molecule has 0 N–H and O–H groups in total. The average Bonchev–Trinajstić information content (AvgIpc) is 3.10. The van der Waals surface area contributed by atoms with Crippen molar-refractivity contribution in [2.24, 2.45) is 5.92 Å². The minimum atomic E-state index is -0.553. The van der Waals surface area contributed by atoms with Gasteiger partial charge in [-0.1, -0.05) is 5.16 Å². The molecule has 1 aromatic heterocycles. The number of nitrogens with zero attached hydrogens (tertiary/aromatic N) is 2. The molecule has 0 aliphatic carbocycles. The van der Waals surface area contributed by atoms with Gasteiger partial charge in [-0.2, -0.15) is 0 Å². The molecule has 2 aliphatic rings. The molecule has 0 aromatic carbocycles. The van der Waals surface area contributed by atoms with E-state index in [9.17, 15) is 4.79 Å². The lowest BCUT2D eigenvalue weighted by Gasteiger charge is -2.39. The fraction of sp³-hybridized carbons (Fsp3) is 0.692. The van der Waals surface area contributed by atoms with E-state index in [0.717, 1.165) is 19.4 Å². The van der Waals surface area contributed by atoms with Gasteiger partial charge >= 0.3 is 0 Å². The molecule has 2 saturated heterocycles. The summed E-state index contributed by atoms with van der Waals surface area (Å²) >= 11 is 0. The Morgan fingerprint density at radius 2 is 2.26 bits per heavy atom. The molecule has 19 heavy (non-hydrogen) atoms. The Kier molecular flexibility index (Phi) is 3.28. The highest BCUT2D eigenvalue weighted by Crippen LogP contribution is 2.34. The normalized spacial score (nSPS) is 26.6. The van der Waals surface area contributed by atoms with E-state index in [1.807, 2.05) is 11.8 Å².